The second-order valence-electron chi connectivity index (χ2n) is 7.61. The van der Waals surface area contributed by atoms with Crippen molar-refractivity contribution in [2.24, 2.45) is 0 Å². The molecular weight excluding hydrogens is 328 g/mol. The molecule has 0 saturated carbocycles. The Balaban J connectivity index is 1.91. The van der Waals surface area contributed by atoms with Gasteiger partial charge in [0.2, 0.25) is 5.91 Å². The van der Waals surface area contributed by atoms with Crippen molar-refractivity contribution in [2.45, 2.75) is 45.2 Å². The summed E-state index contributed by atoms with van der Waals surface area (Å²) in [6.07, 6.45) is 0.0218. The number of anilines is 1. The van der Waals surface area contributed by atoms with Gasteiger partial charge < -0.3 is 10.4 Å². The van der Waals surface area contributed by atoms with Gasteiger partial charge in [0.15, 0.2) is 0 Å². The minimum atomic E-state index is -1.08. The van der Waals surface area contributed by atoms with Crippen LogP contribution in [0.5, 0.6) is 0 Å². The minimum Gasteiger partial charge on any atom is -0.465 e. The lowest BCUT2D eigenvalue weighted by molar-refractivity contribution is -0.122. The standard InChI is InChI=1S/C21H24N2O3/c1-21(2,3)23(20(25)26)18-12-10-16-13-15(14-7-5-4-6-8-14)9-11-17(16)22-19(18)24/h4-9,11,13,18H,10,12H2,1-3H3,(H,22,24)(H,25,26). The third kappa shape index (κ3) is 3.57. The molecule has 0 bridgehead atoms. The molecule has 5 heteroatoms. The average molecular weight is 352 g/mol. The van der Waals surface area contributed by atoms with E-state index in [0.717, 1.165) is 22.4 Å². The SMILES string of the molecule is CC(C)(C)N(C(=O)O)C1CCc2cc(-c3ccccc3)ccc2NC1=O. The maximum atomic E-state index is 12.7. The van der Waals surface area contributed by atoms with Crippen LogP contribution in [-0.2, 0) is 11.2 Å². The number of nitrogens with zero attached hydrogens (tertiary/aromatic N) is 1. The lowest BCUT2D eigenvalue weighted by atomic mass is 9.97. The van der Waals surface area contributed by atoms with Gasteiger partial charge in [-0.25, -0.2) is 4.79 Å². The zero-order chi connectivity index (χ0) is 18.9. The number of aryl methyl sites for hydroxylation is 1. The Morgan fingerprint density at radius 3 is 2.42 bits per heavy atom. The van der Waals surface area contributed by atoms with Gasteiger partial charge in [-0.05, 0) is 62.4 Å². The predicted octanol–water partition coefficient (Wildman–Crippen LogP) is 4.39. The van der Waals surface area contributed by atoms with Crippen molar-refractivity contribution in [1.29, 1.82) is 0 Å². The van der Waals surface area contributed by atoms with Crippen LogP contribution in [0.2, 0.25) is 0 Å². The van der Waals surface area contributed by atoms with Gasteiger partial charge in [-0.1, -0.05) is 36.4 Å². The van der Waals surface area contributed by atoms with Crippen LogP contribution >= 0.6 is 0 Å². The van der Waals surface area contributed by atoms with Crippen molar-refractivity contribution in [2.75, 3.05) is 5.32 Å². The zero-order valence-electron chi connectivity index (χ0n) is 15.3. The summed E-state index contributed by atoms with van der Waals surface area (Å²) in [6.45, 7) is 5.42. The molecule has 1 unspecified atom stereocenters. The lowest BCUT2D eigenvalue weighted by Crippen LogP contribution is -2.55. The number of carbonyl (C=O) groups is 2. The lowest BCUT2D eigenvalue weighted by Gasteiger charge is -2.38. The number of fused-ring (bicyclic) bond motifs is 1. The molecule has 2 aromatic rings. The highest BCUT2D eigenvalue weighted by atomic mass is 16.4. The van der Waals surface area contributed by atoms with Gasteiger partial charge in [-0.15, -0.1) is 0 Å². The largest absolute Gasteiger partial charge is 0.465 e. The van der Waals surface area contributed by atoms with Crippen LogP contribution in [0.1, 0.15) is 32.8 Å². The quantitative estimate of drug-likeness (QED) is 0.842. The fourth-order valence-corrected chi connectivity index (χ4v) is 3.51. The Labute approximate surface area is 153 Å². The number of rotatable bonds is 2. The second kappa shape index (κ2) is 6.83. The highest BCUT2D eigenvalue weighted by Crippen LogP contribution is 2.31. The number of amides is 2. The Kier molecular flexibility index (Phi) is 4.72. The molecule has 5 nitrogen and oxygen atoms in total. The molecule has 1 aliphatic heterocycles. The molecule has 1 aliphatic rings. The summed E-state index contributed by atoms with van der Waals surface area (Å²) in [4.78, 5) is 25.7. The van der Waals surface area contributed by atoms with Crippen molar-refractivity contribution >= 4 is 17.7 Å². The minimum absolute atomic E-state index is 0.270. The molecule has 1 heterocycles. The number of carboxylic acid groups (broad SMARTS) is 1. The van der Waals surface area contributed by atoms with E-state index in [4.69, 9.17) is 0 Å². The number of carbonyl (C=O) groups excluding carboxylic acids is 1. The van der Waals surface area contributed by atoms with Crippen LogP contribution in [0.3, 0.4) is 0 Å². The average Bonchev–Trinajstić information content (AvgIpc) is 2.73. The molecule has 0 radical (unpaired) electrons. The first-order chi connectivity index (χ1) is 12.3. The van der Waals surface area contributed by atoms with E-state index in [9.17, 15) is 14.7 Å². The number of hydrogen-bond donors (Lipinski definition) is 2. The van der Waals surface area contributed by atoms with Gasteiger partial charge in [0.25, 0.3) is 0 Å². The molecule has 0 spiro atoms. The fourth-order valence-electron chi connectivity index (χ4n) is 3.51. The summed E-state index contributed by atoms with van der Waals surface area (Å²) in [6, 6.07) is 15.3. The molecule has 0 saturated heterocycles. The molecule has 3 rings (SSSR count). The molecule has 0 aliphatic carbocycles. The van der Waals surface area contributed by atoms with E-state index in [1.165, 1.54) is 4.90 Å². The first kappa shape index (κ1) is 18.0. The number of nitrogens with one attached hydrogen (secondary N) is 1. The predicted molar refractivity (Wildman–Crippen MR) is 102 cm³/mol. The highest BCUT2D eigenvalue weighted by Gasteiger charge is 2.38. The summed E-state index contributed by atoms with van der Waals surface area (Å²) >= 11 is 0. The van der Waals surface area contributed by atoms with Crippen LogP contribution < -0.4 is 5.32 Å². The van der Waals surface area contributed by atoms with Crippen LogP contribution in [0.25, 0.3) is 11.1 Å². The van der Waals surface area contributed by atoms with Crippen molar-refractivity contribution in [3.8, 4) is 11.1 Å². The molecule has 2 amide bonds. The number of hydrogen-bond acceptors (Lipinski definition) is 2. The van der Waals surface area contributed by atoms with E-state index < -0.39 is 17.7 Å². The molecule has 2 aromatic carbocycles. The van der Waals surface area contributed by atoms with Gasteiger partial charge in [0.05, 0.1) is 0 Å². The van der Waals surface area contributed by atoms with Gasteiger partial charge in [0.1, 0.15) is 6.04 Å². The van der Waals surface area contributed by atoms with E-state index in [1.54, 1.807) is 20.8 Å². The van der Waals surface area contributed by atoms with E-state index in [-0.39, 0.29) is 5.91 Å². The molecule has 2 N–H and O–H groups in total. The van der Waals surface area contributed by atoms with Crippen LogP contribution in [0.4, 0.5) is 10.5 Å². The maximum Gasteiger partial charge on any atom is 0.408 e. The molecule has 0 fully saturated rings. The topological polar surface area (TPSA) is 69.6 Å². The molecular formula is C21H24N2O3. The summed E-state index contributed by atoms with van der Waals surface area (Å²) in [7, 11) is 0. The Bertz CT molecular complexity index is 825. The molecule has 0 aromatic heterocycles. The summed E-state index contributed by atoms with van der Waals surface area (Å²) in [5.74, 6) is -0.270. The van der Waals surface area contributed by atoms with Gasteiger partial charge in [-0.2, -0.15) is 0 Å². The van der Waals surface area contributed by atoms with Gasteiger partial charge in [0, 0.05) is 11.2 Å². The Morgan fingerprint density at radius 2 is 1.81 bits per heavy atom. The smallest absolute Gasteiger partial charge is 0.408 e. The maximum absolute atomic E-state index is 12.7. The fraction of sp³-hybridized carbons (Fsp3) is 0.333. The van der Waals surface area contributed by atoms with Crippen LogP contribution in [0, 0.1) is 0 Å². The van der Waals surface area contributed by atoms with E-state index in [2.05, 4.69) is 11.4 Å². The highest BCUT2D eigenvalue weighted by molar-refractivity contribution is 5.98. The van der Waals surface area contributed by atoms with E-state index >= 15 is 0 Å². The van der Waals surface area contributed by atoms with E-state index in [0.29, 0.717) is 12.8 Å². The van der Waals surface area contributed by atoms with Crippen molar-refractivity contribution in [1.82, 2.24) is 4.90 Å². The van der Waals surface area contributed by atoms with Gasteiger partial charge >= 0.3 is 6.09 Å². The van der Waals surface area contributed by atoms with Crippen molar-refractivity contribution in [3.63, 3.8) is 0 Å². The monoisotopic (exact) mass is 352 g/mol. The Morgan fingerprint density at radius 1 is 1.12 bits per heavy atom. The summed E-state index contributed by atoms with van der Waals surface area (Å²) in [5, 5.41) is 12.5. The third-order valence-corrected chi connectivity index (χ3v) is 4.70. The first-order valence-electron chi connectivity index (χ1n) is 8.79. The van der Waals surface area contributed by atoms with Crippen molar-refractivity contribution in [3.05, 3.63) is 54.1 Å². The third-order valence-electron chi connectivity index (χ3n) is 4.70. The van der Waals surface area contributed by atoms with E-state index in [1.807, 2.05) is 42.5 Å². The molecule has 136 valence electrons. The summed E-state index contributed by atoms with van der Waals surface area (Å²) < 4.78 is 0. The Hall–Kier alpha value is -2.82. The second-order valence-corrected chi connectivity index (χ2v) is 7.61. The zero-order valence-corrected chi connectivity index (χ0v) is 15.3. The van der Waals surface area contributed by atoms with Gasteiger partial charge in [-0.3, -0.25) is 9.69 Å². The summed E-state index contributed by atoms with van der Waals surface area (Å²) in [5.41, 5.74) is 3.34. The molecule has 26 heavy (non-hydrogen) atoms. The first-order valence-corrected chi connectivity index (χ1v) is 8.79. The normalized spacial score (nSPS) is 17.0. The number of benzene rings is 2. The molecule has 1 atom stereocenters. The van der Waals surface area contributed by atoms with Crippen LogP contribution in [-0.4, -0.2) is 33.6 Å². The van der Waals surface area contributed by atoms with Crippen LogP contribution in [0.15, 0.2) is 48.5 Å². The van der Waals surface area contributed by atoms with Crippen molar-refractivity contribution < 1.29 is 14.7 Å².